The summed E-state index contributed by atoms with van der Waals surface area (Å²) in [5.74, 6) is 0.810. The average molecular weight is 329 g/mol. The molecular formula is C19H27N3O2. The van der Waals surface area contributed by atoms with Crippen molar-refractivity contribution in [2.75, 3.05) is 19.6 Å². The first-order valence-corrected chi connectivity index (χ1v) is 8.86. The average Bonchev–Trinajstić information content (AvgIpc) is 3.24. The molecule has 2 aromatic rings. The fourth-order valence-corrected chi connectivity index (χ4v) is 3.02. The maximum absolute atomic E-state index is 6.00. The monoisotopic (exact) mass is 329 g/mol. The van der Waals surface area contributed by atoms with Crippen LogP contribution in [0.4, 0.5) is 0 Å². The zero-order valence-electron chi connectivity index (χ0n) is 14.4. The summed E-state index contributed by atoms with van der Waals surface area (Å²) in [6, 6.07) is 12.6. The van der Waals surface area contributed by atoms with Gasteiger partial charge in [0.2, 0.25) is 0 Å². The molecule has 0 bridgehead atoms. The van der Waals surface area contributed by atoms with Crippen molar-refractivity contribution < 1.29 is 9.26 Å². The lowest BCUT2D eigenvalue weighted by Gasteiger charge is -2.16. The summed E-state index contributed by atoms with van der Waals surface area (Å²) in [5.41, 5.74) is 2.30. The smallest absolute Gasteiger partial charge is 0.162 e. The van der Waals surface area contributed by atoms with Crippen LogP contribution in [0, 0.1) is 0 Å². The Labute approximate surface area is 144 Å². The third-order valence-electron chi connectivity index (χ3n) is 4.28. The molecule has 24 heavy (non-hydrogen) atoms. The molecule has 2 heterocycles. The number of hydrogen-bond donors (Lipinski definition) is 1. The molecule has 1 aliphatic heterocycles. The van der Waals surface area contributed by atoms with Crippen molar-refractivity contribution >= 4 is 0 Å². The van der Waals surface area contributed by atoms with Crippen molar-refractivity contribution in [1.82, 2.24) is 15.4 Å². The van der Waals surface area contributed by atoms with Crippen LogP contribution in [-0.2, 0) is 24.4 Å². The first-order valence-electron chi connectivity index (χ1n) is 8.86. The van der Waals surface area contributed by atoms with Crippen LogP contribution in [-0.4, -0.2) is 35.8 Å². The van der Waals surface area contributed by atoms with Crippen LogP contribution in [0.5, 0.6) is 0 Å². The highest BCUT2D eigenvalue weighted by Gasteiger charge is 2.23. The second-order valence-corrected chi connectivity index (χ2v) is 6.40. The second kappa shape index (κ2) is 8.97. The fraction of sp³-hybridized carbons (Fsp3) is 0.526. The molecule has 0 spiro atoms. The van der Waals surface area contributed by atoms with Gasteiger partial charge in [0.25, 0.3) is 0 Å². The van der Waals surface area contributed by atoms with Gasteiger partial charge in [0, 0.05) is 32.2 Å². The normalized spacial score (nSPS) is 18.3. The Kier molecular flexibility index (Phi) is 6.41. The number of rotatable bonds is 9. The molecule has 1 saturated heterocycles. The Balaban J connectivity index is 1.38. The quantitative estimate of drug-likeness (QED) is 0.717. The van der Waals surface area contributed by atoms with Crippen molar-refractivity contribution in [3.63, 3.8) is 0 Å². The molecule has 1 unspecified atom stereocenters. The molecule has 1 N–H and O–H groups in total. The molecule has 1 aromatic carbocycles. The van der Waals surface area contributed by atoms with E-state index in [9.17, 15) is 0 Å². The van der Waals surface area contributed by atoms with Crippen LogP contribution < -0.4 is 5.32 Å². The topological polar surface area (TPSA) is 50.5 Å². The zero-order valence-corrected chi connectivity index (χ0v) is 14.4. The van der Waals surface area contributed by atoms with Crippen LogP contribution in [0.2, 0.25) is 0 Å². The van der Waals surface area contributed by atoms with Crippen LogP contribution in [0.15, 0.2) is 40.9 Å². The predicted molar refractivity (Wildman–Crippen MR) is 93.4 cm³/mol. The largest absolute Gasteiger partial charge is 0.369 e. The summed E-state index contributed by atoms with van der Waals surface area (Å²) in [5, 5.41) is 7.40. The molecule has 0 amide bonds. The molecule has 0 radical (unpaired) electrons. The van der Waals surface area contributed by atoms with Gasteiger partial charge in [-0.05, 0) is 24.9 Å². The van der Waals surface area contributed by atoms with Crippen molar-refractivity contribution in [3.05, 3.63) is 53.4 Å². The van der Waals surface area contributed by atoms with E-state index in [1.165, 1.54) is 5.56 Å². The molecule has 1 aromatic heterocycles. The fourth-order valence-electron chi connectivity index (χ4n) is 3.02. The van der Waals surface area contributed by atoms with Crippen LogP contribution in [0.1, 0.15) is 36.8 Å². The third-order valence-corrected chi connectivity index (χ3v) is 4.28. The van der Waals surface area contributed by atoms with Gasteiger partial charge in [0.05, 0.1) is 11.8 Å². The lowest BCUT2D eigenvalue weighted by atomic mass is 10.2. The van der Waals surface area contributed by atoms with Gasteiger partial charge in [-0.15, -0.1) is 0 Å². The van der Waals surface area contributed by atoms with Gasteiger partial charge in [0.15, 0.2) is 5.76 Å². The van der Waals surface area contributed by atoms with E-state index in [0.29, 0.717) is 6.61 Å². The minimum atomic E-state index is 0.278. The molecule has 5 heteroatoms. The van der Waals surface area contributed by atoms with E-state index in [-0.39, 0.29) is 6.10 Å². The Bertz CT molecular complexity index is 600. The van der Waals surface area contributed by atoms with E-state index < -0.39 is 0 Å². The number of aromatic nitrogens is 1. The molecular weight excluding hydrogens is 302 g/mol. The molecule has 1 atom stereocenters. The molecule has 0 aliphatic carbocycles. The number of likely N-dealkylation sites (tertiary alicyclic amines) is 1. The van der Waals surface area contributed by atoms with Crippen LogP contribution in [0.3, 0.4) is 0 Å². The standard InChI is InChI=1S/C19H27N3O2/c1-2-9-20-12-17-11-19(24-21-17)15-23-18-8-10-22(14-18)13-16-6-4-3-5-7-16/h3-7,11,18,20H,2,8-10,12-15H2,1H3. The Morgan fingerprint density at radius 1 is 1.33 bits per heavy atom. The summed E-state index contributed by atoms with van der Waals surface area (Å²) in [6.45, 7) is 7.47. The van der Waals surface area contributed by atoms with Gasteiger partial charge in [-0.2, -0.15) is 0 Å². The highest BCUT2D eigenvalue weighted by molar-refractivity contribution is 5.14. The summed E-state index contributed by atoms with van der Waals surface area (Å²) >= 11 is 0. The maximum Gasteiger partial charge on any atom is 0.162 e. The highest BCUT2D eigenvalue weighted by atomic mass is 16.5. The van der Waals surface area contributed by atoms with Gasteiger partial charge in [-0.25, -0.2) is 0 Å². The van der Waals surface area contributed by atoms with Gasteiger partial charge < -0.3 is 14.6 Å². The molecule has 3 rings (SSSR count). The van der Waals surface area contributed by atoms with Crippen LogP contribution in [0.25, 0.3) is 0 Å². The molecule has 1 aliphatic rings. The number of benzene rings is 1. The summed E-state index contributed by atoms with van der Waals surface area (Å²) in [6.07, 6.45) is 2.47. The minimum absolute atomic E-state index is 0.278. The first-order chi connectivity index (χ1) is 11.8. The Morgan fingerprint density at radius 3 is 3.04 bits per heavy atom. The SMILES string of the molecule is CCCNCc1cc(COC2CCN(Cc3ccccc3)C2)on1. The van der Waals surface area contributed by atoms with Gasteiger partial charge in [-0.1, -0.05) is 42.4 Å². The van der Waals surface area contributed by atoms with Crippen LogP contribution >= 0.6 is 0 Å². The lowest BCUT2D eigenvalue weighted by molar-refractivity contribution is 0.0337. The van der Waals surface area contributed by atoms with E-state index in [4.69, 9.17) is 9.26 Å². The molecule has 1 fully saturated rings. The van der Waals surface area contributed by atoms with Gasteiger partial charge in [-0.3, -0.25) is 4.90 Å². The maximum atomic E-state index is 6.00. The summed E-state index contributed by atoms with van der Waals surface area (Å²) in [7, 11) is 0. The van der Waals surface area contributed by atoms with Crippen molar-refractivity contribution in [3.8, 4) is 0 Å². The molecule has 130 valence electrons. The molecule has 0 saturated carbocycles. The van der Waals surface area contributed by atoms with Crippen molar-refractivity contribution in [2.24, 2.45) is 0 Å². The second-order valence-electron chi connectivity index (χ2n) is 6.40. The van der Waals surface area contributed by atoms with Crippen molar-refractivity contribution in [2.45, 2.75) is 45.6 Å². The van der Waals surface area contributed by atoms with E-state index in [1.807, 2.05) is 6.07 Å². The number of ether oxygens (including phenoxy) is 1. The lowest BCUT2D eigenvalue weighted by Crippen LogP contribution is -2.22. The summed E-state index contributed by atoms with van der Waals surface area (Å²) < 4.78 is 11.3. The zero-order chi connectivity index (χ0) is 16.6. The number of hydrogen-bond acceptors (Lipinski definition) is 5. The Morgan fingerprint density at radius 2 is 2.21 bits per heavy atom. The summed E-state index contributed by atoms with van der Waals surface area (Å²) in [4.78, 5) is 2.44. The van der Waals surface area contributed by atoms with Crippen molar-refractivity contribution in [1.29, 1.82) is 0 Å². The minimum Gasteiger partial charge on any atom is -0.369 e. The van der Waals surface area contributed by atoms with E-state index >= 15 is 0 Å². The molecule has 5 nitrogen and oxygen atoms in total. The number of nitrogens with zero attached hydrogens (tertiary/aromatic N) is 2. The third kappa shape index (κ3) is 5.16. The van der Waals surface area contributed by atoms with E-state index in [2.05, 4.69) is 52.6 Å². The highest BCUT2D eigenvalue weighted by Crippen LogP contribution is 2.17. The number of nitrogens with one attached hydrogen (secondary N) is 1. The predicted octanol–water partition coefficient (Wildman–Crippen LogP) is 2.97. The van der Waals surface area contributed by atoms with Gasteiger partial charge >= 0.3 is 0 Å². The van der Waals surface area contributed by atoms with Gasteiger partial charge in [0.1, 0.15) is 6.61 Å². The first kappa shape index (κ1) is 17.1. The van der Waals surface area contributed by atoms with E-state index in [0.717, 1.165) is 57.0 Å². The Hall–Kier alpha value is -1.69. The van der Waals surface area contributed by atoms with E-state index in [1.54, 1.807) is 0 Å².